The molecule has 0 aliphatic heterocycles. The van der Waals surface area contributed by atoms with Crippen molar-refractivity contribution in [2.75, 3.05) is 0 Å². The number of hydrogen-bond donors (Lipinski definition) is 0. The van der Waals surface area contributed by atoms with Gasteiger partial charge in [-0.15, -0.1) is 0 Å². The molecule has 0 heteroatoms. The fraction of sp³-hybridized carbons (Fsp3) is 0.500. The van der Waals surface area contributed by atoms with E-state index in [0.29, 0.717) is 5.92 Å². The number of rotatable bonds is 5. The normalized spacial score (nSPS) is 11.7. The molecule has 0 aliphatic rings. The molecule has 86 valence electrons. The maximum Gasteiger partial charge on any atom is 0.0102 e. The van der Waals surface area contributed by atoms with Crippen molar-refractivity contribution in [1.29, 1.82) is 0 Å². The summed E-state index contributed by atoms with van der Waals surface area (Å²) in [6.07, 6.45) is 5.67. The number of hydrogen-bond acceptors (Lipinski definition) is 0. The standard InChI is InChI=1S/C16H22/c1-5-9-14(6-2)16-11-8-7-10-15(16)12-13(3)4/h6,8,11,13H,5,9,12H2,1-4H3/b14-6-. The largest absolute Gasteiger partial charge is 0.0838 e. The van der Waals surface area contributed by atoms with Gasteiger partial charge in [-0.1, -0.05) is 45.4 Å². The third-order valence-electron chi connectivity index (χ3n) is 2.71. The first kappa shape index (κ1) is 12.8. The van der Waals surface area contributed by atoms with E-state index < -0.39 is 0 Å². The van der Waals surface area contributed by atoms with E-state index in [1.165, 1.54) is 23.1 Å². The SMILES string of the molecule is C/C=C(/CCC)c1ccc#cc1CC(C)C. The van der Waals surface area contributed by atoms with Gasteiger partial charge in [0.15, 0.2) is 0 Å². The van der Waals surface area contributed by atoms with E-state index in [4.69, 9.17) is 0 Å². The minimum Gasteiger partial charge on any atom is -0.0838 e. The summed E-state index contributed by atoms with van der Waals surface area (Å²) in [5, 5.41) is 0. The zero-order valence-electron chi connectivity index (χ0n) is 10.9. The van der Waals surface area contributed by atoms with Gasteiger partial charge >= 0.3 is 0 Å². The highest BCUT2D eigenvalue weighted by Crippen LogP contribution is 2.23. The maximum atomic E-state index is 3.28. The smallest absolute Gasteiger partial charge is 0.0102 e. The average molecular weight is 214 g/mol. The second kappa shape index (κ2) is 6.38. The van der Waals surface area contributed by atoms with Gasteiger partial charge in [0.2, 0.25) is 0 Å². The van der Waals surface area contributed by atoms with E-state index in [1.807, 2.05) is 6.07 Å². The van der Waals surface area contributed by atoms with Gasteiger partial charge in [-0.25, -0.2) is 0 Å². The molecule has 0 saturated carbocycles. The van der Waals surface area contributed by atoms with Crippen LogP contribution in [0.15, 0.2) is 18.2 Å². The molecule has 0 aromatic heterocycles. The van der Waals surface area contributed by atoms with Crippen molar-refractivity contribution in [3.8, 4) is 0 Å². The first-order chi connectivity index (χ1) is 7.69. The molecule has 1 rings (SSSR count). The van der Waals surface area contributed by atoms with Crippen LogP contribution in [0.2, 0.25) is 0 Å². The van der Waals surface area contributed by atoms with Gasteiger partial charge in [0, 0.05) is 5.56 Å². The van der Waals surface area contributed by atoms with Crippen molar-refractivity contribution in [2.24, 2.45) is 5.92 Å². The van der Waals surface area contributed by atoms with Crippen molar-refractivity contribution < 1.29 is 0 Å². The molecule has 1 aromatic rings. The monoisotopic (exact) mass is 214 g/mol. The Morgan fingerprint density at radius 1 is 1.44 bits per heavy atom. The minimum atomic E-state index is 0.672. The summed E-state index contributed by atoms with van der Waals surface area (Å²) in [4.78, 5) is 0. The van der Waals surface area contributed by atoms with Gasteiger partial charge in [0.05, 0.1) is 0 Å². The van der Waals surface area contributed by atoms with E-state index in [1.54, 1.807) is 0 Å². The van der Waals surface area contributed by atoms with E-state index in [2.05, 4.69) is 52.0 Å². The topological polar surface area (TPSA) is 0 Å². The lowest BCUT2D eigenvalue weighted by Crippen LogP contribution is -1.98. The molecule has 0 heterocycles. The van der Waals surface area contributed by atoms with Crippen LogP contribution in [0.25, 0.3) is 5.57 Å². The van der Waals surface area contributed by atoms with Gasteiger partial charge in [0.25, 0.3) is 0 Å². The Labute approximate surface area is 100 Å². The summed E-state index contributed by atoms with van der Waals surface area (Å²) in [6.45, 7) is 8.85. The van der Waals surface area contributed by atoms with Crippen LogP contribution in [0.1, 0.15) is 51.7 Å². The van der Waals surface area contributed by atoms with E-state index in [9.17, 15) is 0 Å². The van der Waals surface area contributed by atoms with Gasteiger partial charge in [-0.05, 0) is 49.0 Å². The molecule has 0 aliphatic carbocycles. The highest BCUT2D eigenvalue weighted by Gasteiger charge is 2.07. The van der Waals surface area contributed by atoms with Crippen molar-refractivity contribution in [2.45, 2.75) is 47.0 Å². The zero-order chi connectivity index (χ0) is 12.0. The third-order valence-corrected chi connectivity index (χ3v) is 2.71. The molecule has 0 radical (unpaired) electrons. The second-order valence-electron chi connectivity index (χ2n) is 4.66. The van der Waals surface area contributed by atoms with Crippen LogP contribution in [0, 0.1) is 18.1 Å². The van der Waals surface area contributed by atoms with Gasteiger partial charge in [-0.3, -0.25) is 0 Å². The predicted octanol–water partition coefficient (Wildman–Crippen LogP) is 4.69. The molecule has 0 amide bonds. The highest BCUT2D eigenvalue weighted by molar-refractivity contribution is 5.67. The number of allylic oxidation sites excluding steroid dienone is 2. The molecule has 0 spiro atoms. The molecule has 1 aromatic carbocycles. The summed E-state index contributed by atoms with van der Waals surface area (Å²) in [5.41, 5.74) is 4.14. The van der Waals surface area contributed by atoms with Crippen LogP contribution < -0.4 is 0 Å². The van der Waals surface area contributed by atoms with Gasteiger partial charge < -0.3 is 0 Å². The fourth-order valence-electron chi connectivity index (χ4n) is 2.00. The Kier molecular flexibility index (Phi) is 5.12. The van der Waals surface area contributed by atoms with Gasteiger partial charge in [0.1, 0.15) is 0 Å². The zero-order valence-corrected chi connectivity index (χ0v) is 10.9. The molecule has 0 fully saturated rings. The fourth-order valence-corrected chi connectivity index (χ4v) is 2.00. The third kappa shape index (κ3) is 3.42. The Morgan fingerprint density at radius 2 is 2.19 bits per heavy atom. The summed E-state index contributed by atoms with van der Waals surface area (Å²) >= 11 is 0. The molecule has 0 unspecified atom stereocenters. The Hall–Kier alpha value is -1.22. The van der Waals surface area contributed by atoms with Crippen LogP contribution in [0.3, 0.4) is 0 Å². The van der Waals surface area contributed by atoms with E-state index in [-0.39, 0.29) is 0 Å². The van der Waals surface area contributed by atoms with Crippen molar-refractivity contribution in [3.63, 3.8) is 0 Å². The summed E-state index contributed by atoms with van der Waals surface area (Å²) in [7, 11) is 0. The average Bonchev–Trinajstić information content (AvgIpc) is 2.26. The van der Waals surface area contributed by atoms with Gasteiger partial charge in [-0.2, -0.15) is 0 Å². The lowest BCUT2D eigenvalue weighted by molar-refractivity contribution is 0.646. The lowest BCUT2D eigenvalue weighted by Gasteiger charge is -2.11. The molecule has 16 heavy (non-hydrogen) atoms. The highest BCUT2D eigenvalue weighted by atomic mass is 14.1. The Morgan fingerprint density at radius 3 is 2.75 bits per heavy atom. The molecule has 0 bridgehead atoms. The van der Waals surface area contributed by atoms with Crippen molar-refractivity contribution >= 4 is 5.57 Å². The molecular weight excluding hydrogens is 192 g/mol. The molecule has 0 atom stereocenters. The first-order valence-corrected chi connectivity index (χ1v) is 6.25. The van der Waals surface area contributed by atoms with Crippen molar-refractivity contribution in [1.82, 2.24) is 0 Å². The summed E-state index contributed by atoms with van der Waals surface area (Å²) in [5.74, 6) is 0.672. The molecule has 0 N–H and O–H groups in total. The molecular formula is C16H22. The summed E-state index contributed by atoms with van der Waals surface area (Å²) in [6, 6.07) is 10.5. The molecule has 0 nitrogen and oxygen atoms in total. The van der Waals surface area contributed by atoms with Crippen LogP contribution in [0.5, 0.6) is 0 Å². The van der Waals surface area contributed by atoms with Crippen LogP contribution >= 0.6 is 0 Å². The quantitative estimate of drug-likeness (QED) is 0.667. The van der Waals surface area contributed by atoms with Crippen LogP contribution in [-0.4, -0.2) is 0 Å². The lowest BCUT2D eigenvalue weighted by atomic mass is 9.93. The summed E-state index contributed by atoms with van der Waals surface area (Å²) < 4.78 is 0. The molecule has 0 saturated heterocycles. The van der Waals surface area contributed by atoms with Crippen LogP contribution in [-0.2, 0) is 6.42 Å². The Balaban J connectivity index is 3.01. The van der Waals surface area contributed by atoms with E-state index in [0.717, 1.165) is 12.8 Å². The van der Waals surface area contributed by atoms with E-state index >= 15 is 0 Å². The predicted molar refractivity (Wildman–Crippen MR) is 71.2 cm³/mol. The minimum absolute atomic E-state index is 0.672. The maximum absolute atomic E-state index is 3.28. The van der Waals surface area contributed by atoms with Crippen molar-refractivity contribution in [3.05, 3.63) is 41.5 Å². The van der Waals surface area contributed by atoms with Crippen LogP contribution in [0.4, 0.5) is 0 Å². The Bertz CT molecular complexity index is 345. The second-order valence-corrected chi connectivity index (χ2v) is 4.66. The first-order valence-electron chi connectivity index (χ1n) is 6.25.